The summed E-state index contributed by atoms with van der Waals surface area (Å²) in [6.45, 7) is 10.2. The standard InChI is InChI=1S/C21H16FN3OS2.C12H11FN2OS.C10H8BrNS.C7H8BBrO2.C7H6BrI.C3H2BrNS.3CH4/c1-11-2-3-13(20-23-6-7-27-20)8-14(11)12-4-5-17-18(9-12)28-21(24-17)25-19(26)15-10-16(15)22;1-6-2-3-9-10(4-6)17-12(14-9)15-11(16)7-5-8(7)13;1-7-2-3-8(6-9(7)11)10-12-4-5-13-10;1-5-2-3-6(8(10)11)4-7(5)9;1-5-2-3-6(9)4-7(5)8;4-3-5-1-2-6-3;;;/h2-9,15-16H,10H2,1H3,(H,24,25,26);2-4,7-8H,5H2,1H3,(H,14,15,16);2-6H,1H3;2-4,10-11H,1H3;2-4H,1H3;1-2H;3*1H4/t15-,16+;7-,8+;;;;;;;/m11......./s1. The van der Waals surface area contributed by atoms with Gasteiger partial charge in [-0.15, -0.1) is 34.0 Å². The number of hydrogen-bond acceptors (Lipinski definition) is 14. The quantitative estimate of drug-likeness (QED) is 0.0857. The lowest BCUT2D eigenvalue weighted by molar-refractivity contribution is -0.118. The number of carbonyl (C=O) groups excluding carboxylic acids is 2. The largest absolute Gasteiger partial charge is 0.488 e. The number of benzene rings is 6. The van der Waals surface area contributed by atoms with Crippen LogP contribution in [0.4, 0.5) is 19.0 Å². The number of fused-ring (bicyclic) bond motifs is 2. The number of nitrogens with one attached hydrogen (secondary N) is 2. The normalized spacial score (nSPS) is 14.7. The highest BCUT2D eigenvalue weighted by Crippen LogP contribution is 2.39. The summed E-state index contributed by atoms with van der Waals surface area (Å²) < 4.78 is 33.2. The maximum Gasteiger partial charge on any atom is 0.488 e. The Morgan fingerprint density at radius 2 is 1.00 bits per heavy atom. The summed E-state index contributed by atoms with van der Waals surface area (Å²) in [5.41, 5.74) is 12.7. The van der Waals surface area contributed by atoms with Crippen LogP contribution in [0.1, 0.15) is 62.9 Å². The molecule has 5 heterocycles. The predicted octanol–water partition coefficient (Wildman–Crippen LogP) is 20.1. The van der Waals surface area contributed by atoms with Crippen molar-refractivity contribution in [2.24, 2.45) is 11.8 Å². The van der Waals surface area contributed by atoms with Gasteiger partial charge in [-0.3, -0.25) is 9.59 Å². The zero-order chi connectivity index (χ0) is 60.2. The number of halogens is 7. The minimum atomic E-state index is -1.38. The number of rotatable bonds is 8. The highest BCUT2D eigenvalue weighted by molar-refractivity contribution is 14.1. The maximum absolute atomic E-state index is 13.1. The molecule has 0 radical (unpaired) electrons. The molecule has 2 aliphatic carbocycles. The molecule has 456 valence electrons. The van der Waals surface area contributed by atoms with Gasteiger partial charge in [0.2, 0.25) is 11.8 Å². The molecule has 2 amide bonds. The summed E-state index contributed by atoms with van der Waals surface area (Å²) in [5, 5.41) is 32.0. The van der Waals surface area contributed by atoms with E-state index in [1.807, 2.05) is 78.8 Å². The molecule has 2 fully saturated rings. The first kappa shape index (κ1) is 73.2. The van der Waals surface area contributed by atoms with Crippen LogP contribution in [0, 0.1) is 50.0 Å². The highest BCUT2D eigenvalue weighted by Gasteiger charge is 2.44. The molecule has 87 heavy (non-hydrogen) atoms. The summed E-state index contributed by atoms with van der Waals surface area (Å²) in [4.78, 5) is 44.8. The van der Waals surface area contributed by atoms with Crippen molar-refractivity contribution in [3.8, 4) is 32.3 Å². The molecule has 11 aromatic rings. The average molecular weight is 1640 g/mol. The van der Waals surface area contributed by atoms with E-state index in [-0.39, 0.29) is 34.1 Å². The van der Waals surface area contributed by atoms with E-state index in [2.05, 4.69) is 203 Å². The molecule has 2 saturated carbocycles. The molecule has 4 atom stereocenters. The Labute approximate surface area is 574 Å². The van der Waals surface area contributed by atoms with Crippen LogP contribution in [-0.4, -0.2) is 66.2 Å². The topological polar surface area (TPSA) is 163 Å². The van der Waals surface area contributed by atoms with Crippen molar-refractivity contribution in [1.82, 2.24) is 24.9 Å². The minimum Gasteiger partial charge on any atom is -0.423 e. The first-order valence-electron chi connectivity index (χ1n) is 25.6. The van der Waals surface area contributed by atoms with Gasteiger partial charge < -0.3 is 20.7 Å². The van der Waals surface area contributed by atoms with Crippen molar-refractivity contribution in [2.45, 2.75) is 82.1 Å². The number of aryl methyl sites for hydroxylation is 5. The number of thiazole rings is 5. The Morgan fingerprint density at radius 3 is 1.44 bits per heavy atom. The van der Waals surface area contributed by atoms with Gasteiger partial charge in [0, 0.05) is 62.8 Å². The van der Waals surface area contributed by atoms with E-state index in [0.29, 0.717) is 28.6 Å². The number of carbonyl (C=O) groups is 2. The van der Waals surface area contributed by atoms with Gasteiger partial charge >= 0.3 is 7.12 Å². The summed E-state index contributed by atoms with van der Waals surface area (Å²) in [5.74, 6) is -1.52. The number of aromatic nitrogens is 5. The predicted molar refractivity (Wildman–Crippen MR) is 389 cm³/mol. The second-order valence-corrected chi connectivity index (χ2v) is 28.9. The van der Waals surface area contributed by atoms with E-state index in [9.17, 15) is 18.4 Å². The zero-order valence-corrected chi connectivity index (χ0v) is 57.9. The first-order valence-corrected chi connectivity index (χ1v) is 34.1. The van der Waals surface area contributed by atoms with Gasteiger partial charge in [0.15, 0.2) is 14.2 Å². The van der Waals surface area contributed by atoms with Crippen LogP contribution in [0.25, 0.3) is 52.7 Å². The van der Waals surface area contributed by atoms with Crippen molar-refractivity contribution in [3.63, 3.8) is 0 Å². The fraction of sp³-hybridized carbons (Fsp3) is 0.222. The van der Waals surface area contributed by atoms with Gasteiger partial charge in [0.1, 0.15) is 22.4 Å². The Morgan fingerprint density at radius 1 is 0.552 bits per heavy atom. The van der Waals surface area contributed by atoms with Gasteiger partial charge in [-0.2, -0.15) is 0 Å². The molecule has 6 aromatic carbocycles. The fourth-order valence-electron chi connectivity index (χ4n) is 7.56. The van der Waals surface area contributed by atoms with E-state index in [1.54, 1.807) is 52.3 Å². The molecule has 5 aromatic heterocycles. The second-order valence-electron chi connectivity index (χ2n) is 19.1. The molecule has 0 aliphatic heterocycles. The Balaban J connectivity index is 0.000000203. The third-order valence-electron chi connectivity index (χ3n) is 12.6. The van der Waals surface area contributed by atoms with Gasteiger partial charge in [-0.05, 0) is 185 Å². The Hall–Kier alpha value is -4.58. The minimum absolute atomic E-state index is 0. The number of anilines is 2. The molecular formula is C63H63BBr4F2IN7O4S5. The highest BCUT2D eigenvalue weighted by atomic mass is 127. The van der Waals surface area contributed by atoms with Crippen LogP contribution >= 0.6 is 143 Å². The Kier molecular flexibility index (Phi) is 29.1. The lowest BCUT2D eigenvalue weighted by Crippen LogP contribution is -2.29. The molecule has 11 nitrogen and oxygen atoms in total. The summed E-state index contributed by atoms with van der Waals surface area (Å²) in [7, 11) is -1.38. The second kappa shape index (κ2) is 34.6. The van der Waals surface area contributed by atoms with Gasteiger partial charge in [0.25, 0.3) is 0 Å². The molecule has 0 saturated heterocycles. The molecule has 0 bridgehead atoms. The molecule has 0 unspecified atom stereocenters. The van der Waals surface area contributed by atoms with Gasteiger partial charge in [-0.25, -0.2) is 33.7 Å². The molecule has 4 N–H and O–H groups in total. The number of alkyl halides is 2. The number of amides is 2. The van der Waals surface area contributed by atoms with Crippen molar-refractivity contribution in [2.75, 3.05) is 10.6 Å². The third kappa shape index (κ3) is 21.5. The molecule has 24 heteroatoms. The molecule has 2 aliphatic rings. The van der Waals surface area contributed by atoms with Crippen LogP contribution in [0.2, 0.25) is 0 Å². The van der Waals surface area contributed by atoms with Crippen LogP contribution in [0.5, 0.6) is 0 Å². The Bertz CT molecular complexity index is 4010. The van der Waals surface area contributed by atoms with Gasteiger partial charge in [0.05, 0.1) is 32.3 Å². The van der Waals surface area contributed by atoms with Crippen molar-refractivity contribution in [1.29, 1.82) is 0 Å². The molecule has 0 spiro atoms. The van der Waals surface area contributed by atoms with Crippen LogP contribution < -0.4 is 16.1 Å². The smallest absolute Gasteiger partial charge is 0.423 e. The van der Waals surface area contributed by atoms with E-state index in [0.717, 1.165) is 71.1 Å². The monoisotopic (exact) mass is 1630 g/mol. The van der Waals surface area contributed by atoms with Crippen molar-refractivity contribution >= 4 is 198 Å². The van der Waals surface area contributed by atoms with E-state index in [4.69, 9.17) is 10.0 Å². The lowest BCUT2D eigenvalue weighted by atomic mass is 9.80. The average Bonchev–Trinajstić information content (AvgIpc) is 1.91. The van der Waals surface area contributed by atoms with Crippen molar-refractivity contribution < 1.29 is 28.4 Å². The van der Waals surface area contributed by atoms with E-state index < -0.39 is 31.3 Å². The molecular weight excluding hydrogens is 1570 g/mol. The summed E-state index contributed by atoms with van der Waals surface area (Å²) >= 11 is 23.4. The number of hydrogen-bond donors (Lipinski definition) is 4. The maximum atomic E-state index is 13.1. The SMILES string of the molecule is Brc1nccs1.C.C.C.Cc1ccc(-c2nccs2)cc1-c1ccc2nc(NC(=O)[C@@H]3C[C@@H]3F)sc2c1.Cc1ccc(-c2nccs2)cc1Br.Cc1ccc(B(O)O)cc1Br.Cc1ccc(I)cc1Br.Cc1ccc2nc(NC(=O)[C@@H]3C[C@@H]3F)sc2c1. The molecule has 13 rings (SSSR count). The number of nitrogens with zero attached hydrogens (tertiary/aromatic N) is 5. The third-order valence-corrected chi connectivity index (χ3v) is 20.7. The fourth-order valence-corrected chi connectivity index (χ4v) is 13.6. The van der Waals surface area contributed by atoms with Crippen LogP contribution in [-0.2, 0) is 9.59 Å². The van der Waals surface area contributed by atoms with Crippen LogP contribution in [0.15, 0.2) is 161 Å². The van der Waals surface area contributed by atoms with E-state index >= 15 is 0 Å². The summed E-state index contributed by atoms with van der Waals surface area (Å²) in [6.07, 6.45) is 4.08. The zero-order valence-electron chi connectivity index (χ0n) is 45.3. The van der Waals surface area contributed by atoms with Crippen LogP contribution in [0.3, 0.4) is 0 Å². The lowest BCUT2D eigenvalue weighted by Gasteiger charge is -2.08. The van der Waals surface area contributed by atoms with Gasteiger partial charge in [-0.1, -0.05) is 147 Å². The first-order chi connectivity index (χ1) is 40.2. The summed E-state index contributed by atoms with van der Waals surface area (Å²) in [6, 6.07) is 36.2. The van der Waals surface area contributed by atoms with E-state index in [1.165, 1.54) is 53.0 Å². The van der Waals surface area contributed by atoms with Crippen molar-refractivity contribution in [3.05, 3.63) is 193 Å².